The van der Waals surface area contributed by atoms with Gasteiger partial charge in [-0.15, -0.1) is 11.3 Å². The van der Waals surface area contributed by atoms with Gasteiger partial charge in [0.15, 0.2) is 0 Å². The van der Waals surface area contributed by atoms with Gasteiger partial charge in [0.1, 0.15) is 21.4 Å². The number of rotatable bonds is 4. The molecule has 0 radical (unpaired) electrons. The van der Waals surface area contributed by atoms with Crippen LogP contribution in [0.3, 0.4) is 0 Å². The van der Waals surface area contributed by atoms with Crippen molar-refractivity contribution in [2.45, 2.75) is 30.7 Å². The van der Waals surface area contributed by atoms with Crippen LogP contribution >= 0.6 is 11.3 Å². The summed E-state index contributed by atoms with van der Waals surface area (Å²) in [4.78, 5) is 16.2. The van der Waals surface area contributed by atoms with Gasteiger partial charge < -0.3 is 5.32 Å². The molecule has 10 heteroatoms. The molecule has 3 rings (SSSR count). The van der Waals surface area contributed by atoms with E-state index in [1.807, 2.05) is 0 Å². The molecule has 0 bridgehead atoms. The summed E-state index contributed by atoms with van der Waals surface area (Å²) >= 11 is 1.25. The number of nitrogens with one attached hydrogen (secondary N) is 1. The lowest BCUT2D eigenvalue weighted by molar-refractivity contribution is 0.0927. The zero-order chi connectivity index (χ0) is 18.9. The van der Waals surface area contributed by atoms with Crippen molar-refractivity contribution in [1.82, 2.24) is 14.6 Å². The molecule has 1 aliphatic heterocycles. The van der Waals surface area contributed by atoms with E-state index in [0.29, 0.717) is 29.5 Å². The maximum atomic E-state index is 13.8. The topological polar surface area (TPSA) is 79.4 Å². The molecule has 1 aromatic heterocycles. The Balaban J connectivity index is 1.64. The number of sulfonamides is 1. The highest BCUT2D eigenvalue weighted by Gasteiger charge is 2.32. The quantitative estimate of drug-likeness (QED) is 0.853. The maximum absolute atomic E-state index is 13.8. The average molecular weight is 401 g/mol. The van der Waals surface area contributed by atoms with Crippen LogP contribution in [0.25, 0.3) is 0 Å². The molecule has 2 heterocycles. The van der Waals surface area contributed by atoms with Crippen LogP contribution in [0.15, 0.2) is 28.6 Å². The fourth-order valence-corrected chi connectivity index (χ4v) is 5.06. The van der Waals surface area contributed by atoms with Gasteiger partial charge >= 0.3 is 0 Å². The van der Waals surface area contributed by atoms with E-state index in [2.05, 4.69) is 10.3 Å². The molecule has 1 amide bonds. The van der Waals surface area contributed by atoms with Crippen LogP contribution in [-0.4, -0.2) is 42.7 Å². The molecule has 0 spiro atoms. The molecule has 0 unspecified atom stereocenters. The van der Waals surface area contributed by atoms with Crippen LogP contribution in [0.1, 0.15) is 28.2 Å². The molecule has 26 heavy (non-hydrogen) atoms. The summed E-state index contributed by atoms with van der Waals surface area (Å²) in [6.07, 6.45) is 0.817. The third kappa shape index (κ3) is 3.76. The first-order valence-electron chi connectivity index (χ1n) is 7.95. The van der Waals surface area contributed by atoms with E-state index >= 15 is 0 Å². The third-order valence-electron chi connectivity index (χ3n) is 4.25. The molecule has 0 atom stereocenters. The zero-order valence-corrected chi connectivity index (χ0v) is 15.5. The number of hydrogen-bond donors (Lipinski definition) is 1. The van der Waals surface area contributed by atoms with Crippen LogP contribution in [0, 0.1) is 18.6 Å². The van der Waals surface area contributed by atoms with E-state index in [-0.39, 0.29) is 25.0 Å². The number of halogens is 2. The molecule has 1 fully saturated rings. The monoisotopic (exact) mass is 401 g/mol. The zero-order valence-electron chi connectivity index (χ0n) is 13.9. The van der Waals surface area contributed by atoms with Crippen molar-refractivity contribution in [2.24, 2.45) is 0 Å². The first-order valence-corrected chi connectivity index (χ1v) is 10.3. The minimum atomic E-state index is -4.04. The summed E-state index contributed by atoms with van der Waals surface area (Å²) in [7, 11) is -4.04. The predicted octanol–water partition coefficient (Wildman–Crippen LogP) is 2.31. The van der Waals surface area contributed by atoms with Gasteiger partial charge in [0.2, 0.25) is 10.0 Å². The molecule has 2 aromatic rings. The first-order chi connectivity index (χ1) is 12.3. The van der Waals surface area contributed by atoms with Gasteiger partial charge in [-0.2, -0.15) is 4.31 Å². The second-order valence-electron chi connectivity index (χ2n) is 5.99. The highest BCUT2D eigenvalue weighted by molar-refractivity contribution is 7.89. The number of aromatic nitrogens is 1. The Bertz CT molecular complexity index is 923. The number of nitrogens with zero attached hydrogens (tertiary/aromatic N) is 2. The highest BCUT2D eigenvalue weighted by Crippen LogP contribution is 2.24. The molecule has 1 N–H and O–H groups in total. The molecular formula is C16H17F2N3O3S2. The number of carbonyl (C=O) groups excluding carboxylic acids is 1. The van der Waals surface area contributed by atoms with Gasteiger partial charge in [-0.25, -0.2) is 22.2 Å². The van der Waals surface area contributed by atoms with Crippen molar-refractivity contribution in [1.29, 1.82) is 0 Å². The number of piperidine rings is 1. The van der Waals surface area contributed by atoms with Gasteiger partial charge in [0, 0.05) is 25.2 Å². The minimum Gasteiger partial charge on any atom is -0.348 e. The molecule has 1 aliphatic rings. The average Bonchev–Trinajstić information content (AvgIpc) is 3.01. The Hall–Kier alpha value is -1.91. The Morgan fingerprint density at radius 3 is 2.58 bits per heavy atom. The van der Waals surface area contributed by atoms with Crippen LogP contribution in [0.5, 0.6) is 0 Å². The van der Waals surface area contributed by atoms with Crippen molar-refractivity contribution in [3.63, 3.8) is 0 Å². The van der Waals surface area contributed by atoms with Crippen molar-refractivity contribution in [2.75, 3.05) is 13.1 Å². The first kappa shape index (κ1) is 18.9. The van der Waals surface area contributed by atoms with E-state index in [4.69, 9.17) is 0 Å². The SMILES string of the molecule is Cc1ncsc1C(=O)NC1CCN(S(=O)(=O)c2ccc(F)cc2F)CC1. The van der Waals surface area contributed by atoms with Gasteiger partial charge in [0.25, 0.3) is 5.91 Å². The maximum Gasteiger partial charge on any atom is 0.263 e. The van der Waals surface area contributed by atoms with Crippen molar-refractivity contribution >= 4 is 27.3 Å². The molecule has 6 nitrogen and oxygen atoms in total. The summed E-state index contributed by atoms with van der Waals surface area (Å²) in [5.41, 5.74) is 2.25. The standard InChI is InChI=1S/C16H17F2N3O3S2/c1-10-15(25-9-19-10)16(22)20-12-4-6-21(7-5-12)26(23,24)14-3-2-11(17)8-13(14)18/h2-3,8-9,12H,4-7H2,1H3,(H,20,22). The predicted molar refractivity (Wildman–Crippen MR) is 92.5 cm³/mol. The minimum absolute atomic E-state index is 0.145. The lowest BCUT2D eigenvalue weighted by Crippen LogP contribution is -2.46. The third-order valence-corrected chi connectivity index (χ3v) is 7.11. The number of aryl methyl sites for hydroxylation is 1. The van der Waals surface area contributed by atoms with E-state index in [1.165, 1.54) is 11.3 Å². The van der Waals surface area contributed by atoms with Crippen LogP contribution < -0.4 is 5.32 Å². The normalized spacial score (nSPS) is 16.6. The second-order valence-corrected chi connectivity index (χ2v) is 8.75. The summed E-state index contributed by atoms with van der Waals surface area (Å²) in [6.45, 7) is 2.04. The summed E-state index contributed by atoms with van der Waals surface area (Å²) in [5, 5.41) is 2.88. The van der Waals surface area contributed by atoms with Gasteiger partial charge in [-0.3, -0.25) is 4.79 Å². The van der Waals surface area contributed by atoms with Crippen LogP contribution in [0.2, 0.25) is 0 Å². The molecule has 0 aliphatic carbocycles. The van der Waals surface area contributed by atoms with Crippen molar-refractivity contribution < 1.29 is 22.0 Å². The molecule has 140 valence electrons. The molecule has 1 saturated heterocycles. The van der Waals surface area contributed by atoms with Crippen LogP contribution in [0.4, 0.5) is 8.78 Å². The summed E-state index contributed by atoms with van der Waals surface area (Å²) < 4.78 is 53.1. The number of hydrogen-bond acceptors (Lipinski definition) is 5. The van der Waals surface area contributed by atoms with E-state index in [1.54, 1.807) is 12.4 Å². The lowest BCUT2D eigenvalue weighted by Gasteiger charge is -2.31. The fourth-order valence-electron chi connectivity index (χ4n) is 2.83. The van der Waals surface area contributed by atoms with Crippen LogP contribution in [-0.2, 0) is 10.0 Å². The van der Waals surface area contributed by atoms with Gasteiger partial charge in [-0.05, 0) is 31.9 Å². The van der Waals surface area contributed by atoms with E-state index < -0.39 is 26.6 Å². The Kier molecular flexibility index (Phi) is 5.35. The summed E-state index contributed by atoms with van der Waals surface area (Å²) in [6, 6.07) is 2.23. The largest absolute Gasteiger partial charge is 0.348 e. The molecular weight excluding hydrogens is 384 g/mol. The molecule has 1 aromatic carbocycles. The Morgan fingerprint density at radius 2 is 2.00 bits per heavy atom. The van der Waals surface area contributed by atoms with Crippen molar-refractivity contribution in [3.8, 4) is 0 Å². The summed E-state index contributed by atoms with van der Waals surface area (Å²) in [5.74, 6) is -2.17. The van der Waals surface area contributed by atoms with E-state index in [9.17, 15) is 22.0 Å². The molecule has 0 saturated carbocycles. The fraction of sp³-hybridized carbons (Fsp3) is 0.375. The Labute approximate surface area is 153 Å². The van der Waals surface area contributed by atoms with Gasteiger partial charge in [-0.1, -0.05) is 0 Å². The number of amides is 1. The van der Waals surface area contributed by atoms with Crippen molar-refractivity contribution in [3.05, 3.63) is 45.9 Å². The number of benzene rings is 1. The highest BCUT2D eigenvalue weighted by atomic mass is 32.2. The lowest BCUT2D eigenvalue weighted by atomic mass is 10.1. The Morgan fingerprint density at radius 1 is 1.31 bits per heavy atom. The smallest absolute Gasteiger partial charge is 0.263 e. The number of thiazole rings is 1. The second kappa shape index (κ2) is 7.37. The van der Waals surface area contributed by atoms with E-state index in [0.717, 1.165) is 16.4 Å². The number of carbonyl (C=O) groups is 1. The van der Waals surface area contributed by atoms with Gasteiger partial charge in [0.05, 0.1) is 11.2 Å².